The second kappa shape index (κ2) is 5.78. The molecule has 4 heteroatoms. The minimum Gasteiger partial charge on any atom is -0.493 e. The summed E-state index contributed by atoms with van der Waals surface area (Å²) in [6, 6.07) is 4.09. The molecular formula is C15H20N2O2. The van der Waals surface area contributed by atoms with Gasteiger partial charge in [0.25, 0.3) is 0 Å². The molecule has 102 valence electrons. The summed E-state index contributed by atoms with van der Waals surface area (Å²) in [5, 5.41) is 4.22. The number of nitrogens with zero attached hydrogens (tertiary/aromatic N) is 2. The van der Waals surface area contributed by atoms with E-state index in [0.717, 1.165) is 34.6 Å². The predicted molar refractivity (Wildman–Crippen MR) is 75.7 cm³/mol. The second-order valence-electron chi connectivity index (χ2n) is 4.60. The first kappa shape index (κ1) is 13.5. The molecule has 0 aliphatic carbocycles. The van der Waals surface area contributed by atoms with E-state index in [0.29, 0.717) is 6.61 Å². The van der Waals surface area contributed by atoms with E-state index in [-0.39, 0.29) is 0 Å². The number of ether oxygens (including phenoxy) is 2. The summed E-state index contributed by atoms with van der Waals surface area (Å²) in [6.45, 7) is 4.81. The molecule has 1 aromatic carbocycles. The maximum absolute atomic E-state index is 5.86. The number of hydrogen-bond donors (Lipinski definition) is 0. The molecule has 1 heterocycles. The first-order valence-corrected chi connectivity index (χ1v) is 6.46. The maximum Gasteiger partial charge on any atom is 0.169 e. The molecule has 1 aromatic heterocycles. The van der Waals surface area contributed by atoms with Crippen LogP contribution in [0.15, 0.2) is 24.5 Å². The van der Waals surface area contributed by atoms with Gasteiger partial charge in [0.2, 0.25) is 0 Å². The van der Waals surface area contributed by atoms with Gasteiger partial charge in [-0.25, -0.2) is 0 Å². The van der Waals surface area contributed by atoms with Crippen LogP contribution in [0, 0.1) is 6.92 Å². The molecule has 0 atom stereocenters. The Kier molecular flexibility index (Phi) is 4.10. The topological polar surface area (TPSA) is 36.3 Å². The molecule has 2 aromatic rings. The number of methoxy groups -OCH3 is 1. The van der Waals surface area contributed by atoms with Crippen LogP contribution < -0.4 is 9.47 Å². The van der Waals surface area contributed by atoms with Crippen LogP contribution in [0.1, 0.15) is 18.9 Å². The van der Waals surface area contributed by atoms with Crippen molar-refractivity contribution in [1.82, 2.24) is 9.78 Å². The zero-order chi connectivity index (χ0) is 13.8. The first-order chi connectivity index (χ1) is 9.15. The normalized spacial score (nSPS) is 10.5. The van der Waals surface area contributed by atoms with Crippen molar-refractivity contribution in [1.29, 1.82) is 0 Å². The lowest BCUT2D eigenvalue weighted by Gasteiger charge is -2.15. The van der Waals surface area contributed by atoms with Crippen LogP contribution in [0.25, 0.3) is 11.1 Å². The van der Waals surface area contributed by atoms with E-state index in [9.17, 15) is 0 Å². The van der Waals surface area contributed by atoms with Crippen molar-refractivity contribution in [2.45, 2.75) is 20.3 Å². The Morgan fingerprint density at radius 2 is 2.11 bits per heavy atom. The van der Waals surface area contributed by atoms with Crippen molar-refractivity contribution in [3.63, 3.8) is 0 Å². The molecule has 0 unspecified atom stereocenters. The van der Waals surface area contributed by atoms with Crippen LogP contribution >= 0.6 is 0 Å². The fourth-order valence-corrected chi connectivity index (χ4v) is 2.02. The fraction of sp³-hybridized carbons (Fsp3) is 0.400. The maximum atomic E-state index is 5.86. The Hall–Kier alpha value is -1.97. The van der Waals surface area contributed by atoms with Gasteiger partial charge in [0.15, 0.2) is 11.5 Å². The molecule has 0 bridgehead atoms. The van der Waals surface area contributed by atoms with Crippen molar-refractivity contribution >= 4 is 0 Å². The zero-order valence-electron chi connectivity index (χ0n) is 11.9. The van der Waals surface area contributed by atoms with Gasteiger partial charge in [-0.05, 0) is 31.0 Å². The van der Waals surface area contributed by atoms with Gasteiger partial charge < -0.3 is 9.47 Å². The minimum atomic E-state index is 0.673. The molecule has 0 saturated carbocycles. The largest absolute Gasteiger partial charge is 0.493 e. The molecule has 0 radical (unpaired) electrons. The summed E-state index contributed by atoms with van der Waals surface area (Å²) >= 11 is 0. The summed E-state index contributed by atoms with van der Waals surface area (Å²) in [7, 11) is 3.57. The van der Waals surface area contributed by atoms with Gasteiger partial charge in [-0.2, -0.15) is 5.10 Å². The van der Waals surface area contributed by atoms with Crippen molar-refractivity contribution in [2.75, 3.05) is 13.7 Å². The second-order valence-corrected chi connectivity index (χ2v) is 4.60. The lowest BCUT2D eigenvalue weighted by molar-refractivity contribution is 0.295. The average molecular weight is 260 g/mol. The van der Waals surface area contributed by atoms with Crippen LogP contribution in [0.2, 0.25) is 0 Å². The van der Waals surface area contributed by atoms with Gasteiger partial charge in [-0.15, -0.1) is 0 Å². The highest BCUT2D eigenvalue weighted by Gasteiger charge is 2.14. The summed E-state index contributed by atoms with van der Waals surface area (Å²) < 4.78 is 13.1. The molecule has 0 saturated heterocycles. The van der Waals surface area contributed by atoms with E-state index in [1.54, 1.807) is 11.8 Å². The molecule has 19 heavy (non-hydrogen) atoms. The van der Waals surface area contributed by atoms with E-state index >= 15 is 0 Å². The highest BCUT2D eigenvalue weighted by atomic mass is 16.5. The summed E-state index contributed by atoms with van der Waals surface area (Å²) in [6.07, 6.45) is 4.78. The monoisotopic (exact) mass is 260 g/mol. The predicted octanol–water partition coefficient (Wildman–Crippen LogP) is 3.19. The summed E-state index contributed by atoms with van der Waals surface area (Å²) in [5.74, 6) is 1.57. The van der Waals surface area contributed by atoms with Gasteiger partial charge in [0, 0.05) is 24.4 Å². The fourth-order valence-electron chi connectivity index (χ4n) is 2.02. The molecule has 4 nitrogen and oxygen atoms in total. The van der Waals surface area contributed by atoms with Gasteiger partial charge in [-0.3, -0.25) is 4.68 Å². The number of aromatic nitrogens is 2. The number of rotatable bonds is 5. The van der Waals surface area contributed by atoms with Crippen molar-refractivity contribution < 1.29 is 9.47 Å². The van der Waals surface area contributed by atoms with Crippen molar-refractivity contribution in [3.8, 4) is 22.6 Å². The molecule has 2 rings (SSSR count). The van der Waals surface area contributed by atoms with Crippen LogP contribution in [-0.4, -0.2) is 23.5 Å². The molecule has 0 spiro atoms. The van der Waals surface area contributed by atoms with Crippen molar-refractivity contribution in [3.05, 3.63) is 30.1 Å². The van der Waals surface area contributed by atoms with Gasteiger partial charge in [0.1, 0.15) is 0 Å². The third kappa shape index (κ3) is 2.89. The summed E-state index contributed by atoms with van der Waals surface area (Å²) in [5.41, 5.74) is 3.20. The van der Waals surface area contributed by atoms with Crippen LogP contribution in [0.4, 0.5) is 0 Å². The molecule has 0 fully saturated rings. The Morgan fingerprint density at radius 3 is 2.68 bits per heavy atom. The number of hydrogen-bond acceptors (Lipinski definition) is 3. The third-order valence-corrected chi connectivity index (χ3v) is 2.89. The van der Waals surface area contributed by atoms with E-state index < -0.39 is 0 Å². The molecule has 0 aliphatic rings. The minimum absolute atomic E-state index is 0.673. The molecule has 0 N–H and O–H groups in total. The van der Waals surface area contributed by atoms with E-state index in [1.165, 1.54) is 0 Å². The first-order valence-electron chi connectivity index (χ1n) is 6.46. The SMILES string of the molecule is CCCOc1c(OC)cc(C)cc1-c1cnn(C)c1. The molecular weight excluding hydrogens is 240 g/mol. The van der Waals surface area contributed by atoms with Gasteiger partial charge in [0.05, 0.1) is 19.9 Å². The third-order valence-electron chi connectivity index (χ3n) is 2.89. The van der Waals surface area contributed by atoms with Crippen LogP contribution in [0.5, 0.6) is 11.5 Å². The Bertz CT molecular complexity index is 561. The lowest BCUT2D eigenvalue weighted by Crippen LogP contribution is -2.00. The Balaban J connectivity index is 2.53. The average Bonchev–Trinajstić information content (AvgIpc) is 2.82. The zero-order valence-corrected chi connectivity index (χ0v) is 11.9. The highest BCUT2D eigenvalue weighted by Crippen LogP contribution is 2.39. The number of aryl methyl sites for hydroxylation is 2. The summed E-state index contributed by atoms with van der Waals surface area (Å²) in [4.78, 5) is 0. The molecule has 0 aliphatic heterocycles. The number of benzene rings is 1. The van der Waals surface area contributed by atoms with Crippen molar-refractivity contribution in [2.24, 2.45) is 7.05 Å². The van der Waals surface area contributed by atoms with Crippen LogP contribution in [0.3, 0.4) is 0 Å². The lowest BCUT2D eigenvalue weighted by atomic mass is 10.0. The van der Waals surface area contributed by atoms with Crippen LogP contribution in [-0.2, 0) is 7.05 Å². The van der Waals surface area contributed by atoms with E-state index in [4.69, 9.17) is 9.47 Å². The quantitative estimate of drug-likeness (QED) is 0.828. The van der Waals surface area contributed by atoms with E-state index in [1.807, 2.05) is 32.4 Å². The smallest absolute Gasteiger partial charge is 0.169 e. The van der Waals surface area contributed by atoms with Gasteiger partial charge in [-0.1, -0.05) is 6.92 Å². The van der Waals surface area contributed by atoms with Gasteiger partial charge >= 0.3 is 0 Å². The highest BCUT2D eigenvalue weighted by molar-refractivity contribution is 5.74. The Labute approximate surface area is 114 Å². The molecule has 0 amide bonds. The van der Waals surface area contributed by atoms with E-state index in [2.05, 4.69) is 18.1 Å². The Morgan fingerprint density at radius 1 is 1.32 bits per heavy atom. The standard InChI is InChI=1S/C15H20N2O2/c1-5-6-19-15-13(12-9-16-17(3)10-12)7-11(2)8-14(15)18-4/h7-10H,5-6H2,1-4H3.